The van der Waals surface area contributed by atoms with Gasteiger partial charge in [0.2, 0.25) is 5.95 Å². The smallest absolute Gasteiger partial charge is 0.353 e. The highest BCUT2D eigenvalue weighted by Gasteiger charge is 2.33. The van der Waals surface area contributed by atoms with Crippen LogP contribution in [0, 0.1) is 0 Å². The lowest BCUT2D eigenvalue weighted by atomic mass is 10.2. The van der Waals surface area contributed by atoms with Gasteiger partial charge in [-0.25, -0.2) is 9.97 Å². The number of benzene rings is 1. The second-order valence-electron chi connectivity index (χ2n) is 5.67. The Hall–Kier alpha value is -2.39. The number of amides is 1. The zero-order chi connectivity index (χ0) is 19.3. The highest BCUT2D eigenvalue weighted by Crippen LogP contribution is 2.36. The summed E-state index contributed by atoms with van der Waals surface area (Å²) in [5.74, 6) is -0.269. The molecule has 1 aromatic carbocycles. The van der Waals surface area contributed by atoms with Gasteiger partial charge in [-0.3, -0.25) is 4.79 Å². The van der Waals surface area contributed by atoms with E-state index < -0.39 is 22.7 Å². The minimum Gasteiger partial charge on any atom is -0.353 e. The second-order valence-corrected chi connectivity index (χ2v) is 6.08. The van der Waals surface area contributed by atoms with E-state index >= 15 is 0 Å². The molecule has 2 N–H and O–H groups in total. The van der Waals surface area contributed by atoms with Gasteiger partial charge in [0.05, 0.1) is 16.1 Å². The number of aromatic nitrogens is 2. The first-order chi connectivity index (χ1) is 12.2. The molecule has 1 heterocycles. The van der Waals surface area contributed by atoms with Crippen LogP contribution in [0.15, 0.2) is 30.6 Å². The Kier molecular flexibility index (Phi) is 6.38. The van der Waals surface area contributed by atoms with Gasteiger partial charge in [-0.1, -0.05) is 11.6 Å². The summed E-state index contributed by atoms with van der Waals surface area (Å²) in [6.07, 6.45) is -2.03. The summed E-state index contributed by atoms with van der Waals surface area (Å²) in [7, 11) is 3.86. The second kappa shape index (κ2) is 8.33. The van der Waals surface area contributed by atoms with Crippen LogP contribution in [0.4, 0.5) is 24.8 Å². The molecule has 6 nitrogen and oxygen atoms in total. The van der Waals surface area contributed by atoms with E-state index in [0.29, 0.717) is 12.5 Å². The summed E-state index contributed by atoms with van der Waals surface area (Å²) in [4.78, 5) is 22.1. The predicted molar refractivity (Wildman–Crippen MR) is 93.5 cm³/mol. The monoisotopic (exact) mass is 387 g/mol. The van der Waals surface area contributed by atoms with Crippen LogP contribution < -0.4 is 10.6 Å². The number of nitrogens with zero attached hydrogens (tertiary/aromatic N) is 3. The topological polar surface area (TPSA) is 70.2 Å². The molecule has 1 amide bonds. The number of hydrogen-bond donors (Lipinski definition) is 2. The van der Waals surface area contributed by atoms with E-state index in [1.165, 1.54) is 18.5 Å². The van der Waals surface area contributed by atoms with E-state index in [4.69, 9.17) is 11.6 Å². The molecule has 26 heavy (non-hydrogen) atoms. The van der Waals surface area contributed by atoms with Crippen molar-refractivity contribution in [3.8, 4) is 0 Å². The molecule has 0 atom stereocenters. The molecule has 0 aliphatic heterocycles. The summed E-state index contributed by atoms with van der Waals surface area (Å²) in [5.41, 5.74) is -0.930. The predicted octanol–water partition coefficient (Wildman–Crippen LogP) is 3.37. The van der Waals surface area contributed by atoms with Crippen molar-refractivity contribution in [2.24, 2.45) is 0 Å². The van der Waals surface area contributed by atoms with Crippen LogP contribution in [0.1, 0.15) is 15.9 Å². The fourth-order valence-corrected chi connectivity index (χ4v) is 2.18. The average Bonchev–Trinajstić information content (AvgIpc) is 2.56. The molecule has 0 spiro atoms. The van der Waals surface area contributed by atoms with Crippen LogP contribution >= 0.6 is 11.6 Å². The highest BCUT2D eigenvalue weighted by atomic mass is 35.5. The first-order valence-corrected chi connectivity index (χ1v) is 7.93. The number of nitrogens with one attached hydrogen (secondary N) is 2. The van der Waals surface area contributed by atoms with Crippen molar-refractivity contribution in [2.75, 3.05) is 37.8 Å². The average molecular weight is 388 g/mol. The first kappa shape index (κ1) is 19.9. The summed E-state index contributed by atoms with van der Waals surface area (Å²) >= 11 is 5.55. The third-order valence-electron chi connectivity index (χ3n) is 3.29. The van der Waals surface area contributed by atoms with Crippen molar-refractivity contribution in [3.63, 3.8) is 0 Å². The molecule has 0 saturated heterocycles. The van der Waals surface area contributed by atoms with Crippen molar-refractivity contribution in [2.45, 2.75) is 6.18 Å². The third kappa shape index (κ3) is 5.57. The normalized spacial score (nSPS) is 11.5. The minimum absolute atomic E-state index is 0.0279. The number of anilines is 2. The Morgan fingerprint density at radius 2 is 1.88 bits per heavy atom. The Labute approximate surface area is 153 Å². The maximum Gasteiger partial charge on any atom is 0.417 e. The Bertz CT molecular complexity index is 765. The van der Waals surface area contributed by atoms with Crippen molar-refractivity contribution >= 4 is 29.1 Å². The summed E-state index contributed by atoms with van der Waals surface area (Å²) in [5, 5.41) is 4.92. The molecule has 0 unspecified atom stereocenters. The van der Waals surface area contributed by atoms with Gasteiger partial charge in [0.1, 0.15) is 0 Å². The summed E-state index contributed by atoms with van der Waals surface area (Å²) in [6, 6.07) is 3.14. The van der Waals surface area contributed by atoms with Gasteiger partial charge in [-0.2, -0.15) is 13.2 Å². The lowest BCUT2D eigenvalue weighted by Crippen LogP contribution is -2.21. The number of rotatable bonds is 6. The molecule has 0 radical (unpaired) electrons. The zero-order valence-electron chi connectivity index (χ0n) is 14.1. The molecule has 140 valence electrons. The number of alkyl halides is 3. The van der Waals surface area contributed by atoms with Gasteiger partial charge in [0, 0.05) is 31.2 Å². The van der Waals surface area contributed by atoms with Gasteiger partial charge >= 0.3 is 6.18 Å². The summed E-state index contributed by atoms with van der Waals surface area (Å²) < 4.78 is 38.6. The van der Waals surface area contributed by atoms with Crippen LogP contribution in [-0.2, 0) is 6.18 Å². The largest absolute Gasteiger partial charge is 0.417 e. The van der Waals surface area contributed by atoms with E-state index in [2.05, 4.69) is 20.6 Å². The van der Waals surface area contributed by atoms with Gasteiger partial charge in [-0.05, 0) is 32.3 Å². The van der Waals surface area contributed by atoms with Gasteiger partial charge < -0.3 is 15.5 Å². The SMILES string of the molecule is CN(C)CCNc1ncc(C(=O)Nc2ccc(Cl)c(C(F)(F)F)c2)cn1. The number of hydrogen-bond acceptors (Lipinski definition) is 5. The number of carbonyl (C=O) groups excluding carboxylic acids is 1. The minimum atomic E-state index is -4.61. The van der Waals surface area contributed by atoms with Gasteiger partial charge in [-0.15, -0.1) is 0 Å². The van der Waals surface area contributed by atoms with Crippen molar-refractivity contribution in [1.82, 2.24) is 14.9 Å². The van der Waals surface area contributed by atoms with Crippen molar-refractivity contribution < 1.29 is 18.0 Å². The molecule has 0 bridgehead atoms. The molecule has 2 rings (SSSR count). The summed E-state index contributed by atoms with van der Waals surface area (Å²) in [6.45, 7) is 1.41. The van der Waals surface area contributed by atoms with E-state index in [9.17, 15) is 18.0 Å². The Balaban J connectivity index is 2.04. The molecule has 0 fully saturated rings. The van der Waals surface area contributed by atoms with Crippen molar-refractivity contribution in [3.05, 3.63) is 46.7 Å². The standard InChI is InChI=1S/C16H17ClF3N5O/c1-25(2)6-5-21-15-22-8-10(9-23-15)14(26)24-11-3-4-13(17)12(7-11)16(18,19)20/h3-4,7-9H,5-6H2,1-2H3,(H,24,26)(H,21,22,23). The number of likely N-dealkylation sites (N-methyl/N-ethyl adjacent to an activating group) is 1. The lowest BCUT2D eigenvalue weighted by molar-refractivity contribution is -0.137. The molecular weight excluding hydrogens is 371 g/mol. The maximum absolute atomic E-state index is 12.9. The Morgan fingerprint density at radius 3 is 2.46 bits per heavy atom. The first-order valence-electron chi connectivity index (χ1n) is 7.55. The fraction of sp³-hybridized carbons (Fsp3) is 0.312. The van der Waals surface area contributed by atoms with Crippen LogP contribution in [0.2, 0.25) is 5.02 Å². The fourth-order valence-electron chi connectivity index (χ4n) is 1.95. The molecule has 1 aromatic heterocycles. The van der Waals surface area contributed by atoms with Crippen LogP contribution in [-0.4, -0.2) is 48.0 Å². The molecule has 2 aromatic rings. The molecule has 0 aliphatic carbocycles. The van der Waals surface area contributed by atoms with Crippen molar-refractivity contribution in [1.29, 1.82) is 0 Å². The van der Waals surface area contributed by atoms with E-state index in [1.54, 1.807) is 0 Å². The Morgan fingerprint density at radius 1 is 1.23 bits per heavy atom. The van der Waals surface area contributed by atoms with E-state index in [1.807, 2.05) is 19.0 Å². The molecular formula is C16H17ClF3N5O. The quantitative estimate of drug-likeness (QED) is 0.795. The van der Waals surface area contributed by atoms with Crippen LogP contribution in [0.3, 0.4) is 0 Å². The van der Waals surface area contributed by atoms with E-state index in [-0.39, 0.29) is 11.3 Å². The lowest BCUT2D eigenvalue weighted by Gasteiger charge is -2.12. The van der Waals surface area contributed by atoms with Gasteiger partial charge in [0.15, 0.2) is 0 Å². The molecule has 0 aliphatic rings. The van der Waals surface area contributed by atoms with Crippen LogP contribution in [0.25, 0.3) is 0 Å². The maximum atomic E-state index is 12.9. The van der Waals surface area contributed by atoms with Crippen LogP contribution in [0.5, 0.6) is 0 Å². The third-order valence-corrected chi connectivity index (χ3v) is 3.62. The molecule has 10 heteroatoms. The zero-order valence-corrected chi connectivity index (χ0v) is 14.8. The van der Waals surface area contributed by atoms with E-state index in [0.717, 1.165) is 18.7 Å². The highest BCUT2D eigenvalue weighted by molar-refractivity contribution is 6.31. The molecule has 0 saturated carbocycles. The van der Waals surface area contributed by atoms with Gasteiger partial charge in [0.25, 0.3) is 5.91 Å². The number of halogens is 4. The number of carbonyl (C=O) groups is 1.